The van der Waals surface area contributed by atoms with Gasteiger partial charge in [0.05, 0.1) is 22.8 Å². The van der Waals surface area contributed by atoms with Crippen LogP contribution in [0, 0.1) is 0 Å². The van der Waals surface area contributed by atoms with Crippen LogP contribution in [-0.4, -0.2) is 19.9 Å². The minimum Gasteiger partial charge on any atom is -0.228 e. The summed E-state index contributed by atoms with van der Waals surface area (Å²) in [5, 5.41) is 0. The molecule has 2 heterocycles. The van der Waals surface area contributed by atoms with Crippen molar-refractivity contribution in [2.45, 2.75) is 50.4 Å². The molecule has 5 aliphatic carbocycles. The van der Waals surface area contributed by atoms with E-state index in [9.17, 15) is 0 Å². The van der Waals surface area contributed by atoms with Crippen LogP contribution in [-0.2, 0) is 10.8 Å². The lowest BCUT2D eigenvalue weighted by atomic mass is 9.60. The van der Waals surface area contributed by atoms with Gasteiger partial charge in [-0.15, -0.1) is 0 Å². The zero-order valence-electron chi connectivity index (χ0n) is 41.7. The molecular weight excluding hydrogens is 897 g/mol. The molecule has 2 unspecified atom stereocenters. The number of rotatable bonds is 6. The Bertz CT molecular complexity index is 3880. The molecule has 0 fully saturated rings. The minimum absolute atomic E-state index is 0.0598. The molecular formula is C70H50N4. The largest absolute Gasteiger partial charge is 0.228 e. The molecule has 0 saturated heterocycles. The van der Waals surface area contributed by atoms with E-state index >= 15 is 0 Å². The van der Waals surface area contributed by atoms with Crippen molar-refractivity contribution in [2.24, 2.45) is 0 Å². The van der Waals surface area contributed by atoms with Gasteiger partial charge >= 0.3 is 0 Å². The lowest BCUT2D eigenvalue weighted by Gasteiger charge is -2.42. The van der Waals surface area contributed by atoms with Crippen molar-refractivity contribution < 1.29 is 0 Å². The molecule has 4 nitrogen and oxygen atoms in total. The first kappa shape index (κ1) is 42.8. The highest BCUT2D eigenvalue weighted by Gasteiger charge is 2.42. The normalized spacial score (nSPS) is 16.3. The number of aromatic nitrogens is 4. The average Bonchev–Trinajstić information content (AvgIpc) is 3.86. The monoisotopic (exact) mass is 946 g/mol. The van der Waals surface area contributed by atoms with Crippen LogP contribution >= 0.6 is 0 Å². The topological polar surface area (TPSA) is 51.6 Å². The molecule has 350 valence electrons. The summed E-state index contributed by atoms with van der Waals surface area (Å²) in [5.74, 6) is 1.56. The highest BCUT2D eigenvalue weighted by atomic mass is 14.9. The van der Waals surface area contributed by atoms with E-state index in [-0.39, 0.29) is 22.7 Å². The standard InChI is InChI=1S/C70H50N4/c1-69(2)57-25-15-13-21-47(57)53-35-45(29-33-59(53)69)63-39-61(71-67(73-63)41-17-7-5-8-18-41)43-27-31-51-55(37-43)65-49-23-11-12-24-50(49)66(51)56-38-44(28-32-52(56)65)62-40-64(74-68(72-62)42-19-9-6-10-20-42)46-30-34-60-54(36-46)48-22-14-16-26-58(48)70(60,3)4/h5-40,65-66H,1-4H3. The van der Waals surface area contributed by atoms with Gasteiger partial charge in [-0.3, -0.25) is 0 Å². The molecule has 2 bridgehead atoms. The van der Waals surface area contributed by atoms with Gasteiger partial charge in [-0.25, -0.2) is 19.9 Å². The Kier molecular flexibility index (Phi) is 9.15. The van der Waals surface area contributed by atoms with E-state index in [0.29, 0.717) is 0 Å². The minimum atomic E-state index is -0.0714. The van der Waals surface area contributed by atoms with Crippen molar-refractivity contribution in [3.05, 3.63) is 274 Å². The predicted octanol–water partition coefficient (Wildman–Crippen LogP) is 16.9. The van der Waals surface area contributed by atoms with Gasteiger partial charge in [0.25, 0.3) is 0 Å². The number of benzene rings is 9. The van der Waals surface area contributed by atoms with Crippen LogP contribution in [0.1, 0.15) is 95.2 Å². The van der Waals surface area contributed by atoms with Crippen molar-refractivity contribution in [1.82, 2.24) is 19.9 Å². The van der Waals surface area contributed by atoms with Gasteiger partial charge in [0.2, 0.25) is 0 Å². The Morgan fingerprint density at radius 3 is 1.00 bits per heavy atom. The molecule has 0 aliphatic heterocycles. The maximum Gasteiger partial charge on any atom is 0.160 e. The van der Waals surface area contributed by atoms with E-state index in [2.05, 4.69) is 234 Å². The van der Waals surface area contributed by atoms with Crippen molar-refractivity contribution in [1.29, 1.82) is 0 Å². The smallest absolute Gasteiger partial charge is 0.160 e. The Labute approximate surface area is 432 Å². The molecule has 0 spiro atoms. The van der Waals surface area contributed by atoms with Crippen LogP contribution in [0.15, 0.2) is 218 Å². The fraction of sp³-hybridized carbons (Fsp3) is 0.114. The number of fused-ring (bicyclic) bond motifs is 6. The summed E-state index contributed by atoms with van der Waals surface area (Å²) < 4.78 is 0. The molecule has 11 aromatic rings. The SMILES string of the molecule is CC1(C)c2ccccc2-c2cc(-c3cc(-c4ccc5c(c4)C4c6ccccc6C5c5cc(-c6cc(-c7ccc8c(c7)-c7ccccc7C8(C)C)nc(-c7ccccc7)n6)ccc54)nc(-c4ccccc4)n3)ccc21. The van der Waals surface area contributed by atoms with Crippen molar-refractivity contribution in [2.75, 3.05) is 0 Å². The second-order valence-electron chi connectivity index (χ2n) is 21.7. The number of hydrogen-bond acceptors (Lipinski definition) is 4. The van der Waals surface area contributed by atoms with Gasteiger partial charge in [0.15, 0.2) is 11.6 Å². The van der Waals surface area contributed by atoms with Gasteiger partial charge in [-0.1, -0.05) is 210 Å². The first-order valence-electron chi connectivity index (χ1n) is 25.9. The van der Waals surface area contributed by atoms with Crippen LogP contribution in [0.4, 0.5) is 0 Å². The summed E-state index contributed by atoms with van der Waals surface area (Å²) in [4.78, 5) is 21.3. The third-order valence-corrected chi connectivity index (χ3v) is 16.9. The van der Waals surface area contributed by atoms with Crippen molar-refractivity contribution in [3.8, 4) is 90.1 Å². The third-order valence-electron chi connectivity index (χ3n) is 16.9. The van der Waals surface area contributed by atoms with E-state index in [1.807, 2.05) is 12.1 Å². The lowest BCUT2D eigenvalue weighted by molar-refractivity contribution is 0.660. The molecule has 0 saturated carbocycles. The van der Waals surface area contributed by atoms with Gasteiger partial charge < -0.3 is 0 Å². The van der Waals surface area contributed by atoms with E-state index in [0.717, 1.165) is 67.8 Å². The molecule has 5 aliphatic rings. The fourth-order valence-corrected chi connectivity index (χ4v) is 13.2. The maximum atomic E-state index is 5.34. The zero-order valence-corrected chi connectivity index (χ0v) is 41.7. The van der Waals surface area contributed by atoms with Gasteiger partial charge in [0.1, 0.15) is 0 Å². The van der Waals surface area contributed by atoms with Gasteiger partial charge in [-0.2, -0.15) is 0 Å². The Morgan fingerprint density at radius 2 is 0.581 bits per heavy atom. The van der Waals surface area contributed by atoms with Crippen LogP contribution in [0.3, 0.4) is 0 Å². The highest BCUT2D eigenvalue weighted by molar-refractivity contribution is 5.87. The van der Waals surface area contributed by atoms with E-state index in [1.165, 1.54) is 77.9 Å². The summed E-state index contributed by atoms with van der Waals surface area (Å²) in [5.41, 5.74) is 28.5. The second-order valence-corrected chi connectivity index (χ2v) is 21.7. The van der Waals surface area contributed by atoms with Crippen LogP contribution < -0.4 is 0 Å². The number of hydrogen-bond donors (Lipinski definition) is 0. The quantitative estimate of drug-likeness (QED) is 0.167. The van der Waals surface area contributed by atoms with Crippen LogP contribution in [0.5, 0.6) is 0 Å². The molecule has 2 aromatic heterocycles. The Hall–Kier alpha value is -8.86. The van der Waals surface area contributed by atoms with Crippen molar-refractivity contribution >= 4 is 0 Å². The first-order valence-corrected chi connectivity index (χ1v) is 25.9. The number of nitrogens with zero attached hydrogens (tertiary/aromatic N) is 4. The van der Waals surface area contributed by atoms with Crippen LogP contribution in [0.2, 0.25) is 0 Å². The first-order chi connectivity index (χ1) is 36.2. The molecule has 0 radical (unpaired) electrons. The lowest BCUT2D eigenvalue weighted by Crippen LogP contribution is -2.27. The second kappa shape index (κ2) is 15.8. The Balaban J connectivity index is 0.846. The van der Waals surface area contributed by atoms with Gasteiger partial charge in [-0.05, 0) is 114 Å². The summed E-state index contributed by atoms with van der Waals surface area (Å²) >= 11 is 0. The molecule has 0 amide bonds. The van der Waals surface area contributed by atoms with E-state index < -0.39 is 0 Å². The van der Waals surface area contributed by atoms with Crippen molar-refractivity contribution in [3.63, 3.8) is 0 Å². The molecule has 2 atom stereocenters. The maximum absolute atomic E-state index is 5.34. The molecule has 9 aromatic carbocycles. The summed E-state index contributed by atoms with van der Waals surface area (Å²) in [6.45, 7) is 9.32. The summed E-state index contributed by atoms with van der Waals surface area (Å²) in [6, 6.07) is 79.9. The predicted molar refractivity (Wildman–Crippen MR) is 300 cm³/mol. The zero-order chi connectivity index (χ0) is 49.5. The Morgan fingerprint density at radius 1 is 0.257 bits per heavy atom. The third kappa shape index (κ3) is 6.34. The molecule has 0 N–H and O–H groups in total. The summed E-state index contributed by atoms with van der Waals surface area (Å²) in [6.07, 6.45) is 0. The van der Waals surface area contributed by atoms with Gasteiger partial charge in [0, 0.05) is 56.0 Å². The van der Waals surface area contributed by atoms with E-state index in [4.69, 9.17) is 19.9 Å². The fourth-order valence-electron chi connectivity index (χ4n) is 13.2. The van der Waals surface area contributed by atoms with Crippen LogP contribution in [0.25, 0.3) is 90.1 Å². The molecule has 74 heavy (non-hydrogen) atoms. The average molecular weight is 947 g/mol. The highest BCUT2D eigenvalue weighted by Crippen LogP contribution is 2.57. The summed E-state index contributed by atoms with van der Waals surface area (Å²) in [7, 11) is 0. The molecule has 4 heteroatoms. The van der Waals surface area contributed by atoms with E-state index in [1.54, 1.807) is 0 Å². The molecule has 16 rings (SSSR count).